The van der Waals surface area contributed by atoms with Crippen molar-refractivity contribution in [1.82, 2.24) is 4.31 Å². The molecule has 3 aromatic rings. The first-order chi connectivity index (χ1) is 14.9. The zero-order valence-electron chi connectivity index (χ0n) is 17.2. The van der Waals surface area contributed by atoms with E-state index in [2.05, 4.69) is 0 Å². The molecule has 0 unspecified atom stereocenters. The van der Waals surface area contributed by atoms with Crippen LogP contribution in [0.15, 0.2) is 77.7 Å². The molecular weight excluding hydrogens is 438 g/mol. The number of sulfonamides is 1. The molecule has 31 heavy (non-hydrogen) atoms. The maximum absolute atomic E-state index is 13.6. The molecule has 3 rings (SSSR count). The summed E-state index contributed by atoms with van der Waals surface area (Å²) >= 11 is 5.94. The second-order valence-electron chi connectivity index (χ2n) is 6.80. The van der Waals surface area contributed by atoms with Gasteiger partial charge in [-0.3, -0.25) is 0 Å². The van der Waals surface area contributed by atoms with Gasteiger partial charge in [0.05, 0.1) is 31.8 Å². The van der Waals surface area contributed by atoms with Crippen LogP contribution in [-0.2, 0) is 16.6 Å². The van der Waals surface area contributed by atoms with Crippen LogP contribution in [-0.4, -0.2) is 38.7 Å². The summed E-state index contributed by atoms with van der Waals surface area (Å²) in [5, 5.41) is 10.6. The van der Waals surface area contributed by atoms with Gasteiger partial charge in [-0.15, -0.1) is 0 Å². The van der Waals surface area contributed by atoms with Gasteiger partial charge in [-0.25, -0.2) is 8.42 Å². The summed E-state index contributed by atoms with van der Waals surface area (Å²) in [6, 6.07) is 19.4. The van der Waals surface area contributed by atoms with Crippen molar-refractivity contribution >= 4 is 21.6 Å². The number of methoxy groups -OCH3 is 2. The highest BCUT2D eigenvalue weighted by Gasteiger charge is 2.32. The lowest BCUT2D eigenvalue weighted by molar-refractivity contribution is 0.184. The third kappa shape index (κ3) is 5.19. The molecule has 0 saturated carbocycles. The van der Waals surface area contributed by atoms with Gasteiger partial charge in [-0.05, 0) is 47.5 Å². The van der Waals surface area contributed by atoms with Crippen LogP contribution >= 0.6 is 11.6 Å². The van der Waals surface area contributed by atoms with Crippen molar-refractivity contribution in [2.24, 2.45) is 0 Å². The quantitative estimate of drug-likeness (QED) is 0.514. The van der Waals surface area contributed by atoms with Gasteiger partial charge in [0.15, 0.2) is 11.5 Å². The normalized spacial score (nSPS) is 12.5. The van der Waals surface area contributed by atoms with Crippen molar-refractivity contribution in [3.05, 3.63) is 88.9 Å². The molecule has 3 aromatic carbocycles. The van der Waals surface area contributed by atoms with E-state index in [9.17, 15) is 13.5 Å². The number of rotatable bonds is 9. The minimum absolute atomic E-state index is 0.0193. The van der Waals surface area contributed by atoms with Crippen molar-refractivity contribution in [1.29, 1.82) is 0 Å². The predicted octanol–water partition coefficient (Wildman–Crippen LogP) is 4.28. The van der Waals surface area contributed by atoms with Gasteiger partial charge in [0.2, 0.25) is 10.0 Å². The lowest BCUT2D eigenvalue weighted by Crippen LogP contribution is -2.36. The molecule has 0 heterocycles. The van der Waals surface area contributed by atoms with Gasteiger partial charge in [-0.1, -0.05) is 48.0 Å². The largest absolute Gasteiger partial charge is 0.493 e. The second-order valence-corrected chi connectivity index (χ2v) is 9.13. The lowest BCUT2D eigenvalue weighted by atomic mass is 10.1. The van der Waals surface area contributed by atoms with Crippen molar-refractivity contribution in [3.63, 3.8) is 0 Å². The Morgan fingerprint density at radius 1 is 0.935 bits per heavy atom. The van der Waals surface area contributed by atoms with E-state index in [1.54, 1.807) is 30.3 Å². The number of nitrogens with zero attached hydrogens (tertiary/aromatic N) is 1. The van der Waals surface area contributed by atoms with E-state index in [0.29, 0.717) is 27.6 Å². The van der Waals surface area contributed by atoms with Crippen LogP contribution in [0, 0.1) is 0 Å². The van der Waals surface area contributed by atoms with Crippen molar-refractivity contribution < 1.29 is 23.0 Å². The number of aliphatic hydroxyl groups is 1. The van der Waals surface area contributed by atoms with E-state index in [-0.39, 0.29) is 18.0 Å². The number of ether oxygens (including phenoxy) is 2. The predicted molar refractivity (Wildman–Crippen MR) is 120 cm³/mol. The first-order valence-corrected chi connectivity index (χ1v) is 11.4. The molecule has 0 bridgehead atoms. The molecule has 1 N–H and O–H groups in total. The molecule has 8 heteroatoms. The number of aliphatic hydroxyl groups excluding tert-OH is 1. The number of hydrogen-bond acceptors (Lipinski definition) is 5. The highest BCUT2D eigenvalue weighted by Crippen LogP contribution is 2.33. The number of benzene rings is 3. The van der Waals surface area contributed by atoms with Crippen molar-refractivity contribution in [2.75, 3.05) is 20.8 Å². The summed E-state index contributed by atoms with van der Waals surface area (Å²) in [4.78, 5) is 0.0896. The van der Waals surface area contributed by atoms with Crippen LogP contribution in [0.1, 0.15) is 17.2 Å². The van der Waals surface area contributed by atoms with Crippen LogP contribution in [0.4, 0.5) is 0 Å². The molecule has 0 spiro atoms. The van der Waals surface area contributed by atoms with E-state index >= 15 is 0 Å². The lowest BCUT2D eigenvalue weighted by Gasteiger charge is -2.30. The average Bonchev–Trinajstić information content (AvgIpc) is 2.79. The van der Waals surface area contributed by atoms with E-state index in [4.69, 9.17) is 21.1 Å². The molecular formula is C23H24ClNO5S. The molecule has 0 aliphatic carbocycles. The molecule has 164 valence electrons. The van der Waals surface area contributed by atoms with E-state index in [1.165, 1.54) is 42.8 Å². The van der Waals surface area contributed by atoms with Crippen LogP contribution in [0.25, 0.3) is 0 Å². The summed E-state index contributed by atoms with van der Waals surface area (Å²) in [6.45, 7) is -0.366. The van der Waals surface area contributed by atoms with E-state index in [1.807, 2.05) is 18.2 Å². The van der Waals surface area contributed by atoms with Gasteiger partial charge in [0.25, 0.3) is 0 Å². The van der Waals surface area contributed by atoms with Crippen LogP contribution in [0.5, 0.6) is 11.5 Å². The molecule has 0 amide bonds. The topological polar surface area (TPSA) is 76.1 Å². The fourth-order valence-corrected chi connectivity index (χ4v) is 5.02. The average molecular weight is 462 g/mol. The SMILES string of the molecule is COc1ccc(CN([C@H](CO)c2ccccc2)S(=O)(=O)c2ccc(Cl)cc2)cc1OC. The molecule has 0 fully saturated rings. The summed E-state index contributed by atoms with van der Waals surface area (Å²) in [5.41, 5.74) is 1.37. The van der Waals surface area contributed by atoms with Gasteiger partial charge in [0.1, 0.15) is 0 Å². The number of hydrogen-bond donors (Lipinski definition) is 1. The zero-order chi connectivity index (χ0) is 22.4. The Balaban J connectivity index is 2.09. The first kappa shape index (κ1) is 23.1. The molecule has 1 atom stereocenters. The summed E-state index contributed by atoms with van der Waals surface area (Å²) in [7, 11) is -0.916. The Kier molecular flexibility index (Phi) is 7.56. The Labute approximate surface area is 187 Å². The monoisotopic (exact) mass is 461 g/mol. The van der Waals surface area contributed by atoms with Gasteiger partial charge >= 0.3 is 0 Å². The van der Waals surface area contributed by atoms with E-state index < -0.39 is 16.1 Å². The fourth-order valence-electron chi connectivity index (χ4n) is 3.30. The molecule has 0 saturated heterocycles. The molecule has 0 radical (unpaired) electrons. The van der Waals surface area contributed by atoms with Crippen LogP contribution < -0.4 is 9.47 Å². The minimum atomic E-state index is -3.97. The highest BCUT2D eigenvalue weighted by molar-refractivity contribution is 7.89. The van der Waals surface area contributed by atoms with Crippen molar-refractivity contribution in [2.45, 2.75) is 17.5 Å². The third-order valence-electron chi connectivity index (χ3n) is 4.91. The first-order valence-electron chi connectivity index (χ1n) is 9.54. The Bertz CT molecular complexity index is 1100. The Morgan fingerprint density at radius 2 is 1.58 bits per heavy atom. The zero-order valence-corrected chi connectivity index (χ0v) is 18.8. The standard InChI is InChI=1S/C23H24ClNO5S/c1-29-22-13-8-17(14-23(22)30-2)15-25(21(16-26)18-6-4-3-5-7-18)31(27,28)20-11-9-19(24)10-12-20/h3-14,21,26H,15-16H2,1-2H3/t21-/m1/s1. The maximum atomic E-state index is 13.6. The van der Waals surface area contributed by atoms with Gasteiger partial charge in [-0.2, -0.15) is 4.31 Å². The fraction of sp³-hybridized carbons (Fsp3) is 0.217. The van der Waals surface area contributed by atoms with Crippen molar-refractivity contribution in [3.8, 4) is 11.5 Å². The highest BCUT2D eigenvalue weighted by atomic mass is 35.5. The van der Waals surface area contributed by atoms with E-state index in [0.717, 1.165) is 0 Å². The van der Waals surface area contributed by atoms with Gasteiger partial charge in [0, 0.05) is 11.6 Å². The summed E-state index contributed by atoms with van der Waals surface area (Å²) < 4.78 is 39.1. The molecule has 6 nitrogen and oxygen atoms in total. The summed E-state index contributed by atoms with van der Waals surface area (Å²) in [5.74, 6) is 1.03. The van der Waals surface area contributed by atoms with Crippen LogP contribution in [0.2, 0.25) is 5.02 Å². The molecule has 0 aromatic heterocycles. The number of halogens is 1. The third-order valence-corrected chi connectivity index (χ3v) is 7.03. The molecule has 0 aliphatic rings. The Morgan fingerprint density at radius 3 is 2.16 bits per heavy atom. The van der Waals surface area contributed by atoms with Crippen LogP contribution in [0.3, 0.4) is 0 Å². The molecule has 0 aliphatic heterocycles. The smallest absolute Gasteiger partial charge is 0.244 e. The maximum Gasteiger partial charge on any atom is 0.244 e. The van der Waals surface area contributed by atoms with Gasteiger partial charge < -0.3 is 14.6 Å². The Hall–Kier alpha value is -2.58. The minimum Gasteiger partial charge on any atom is -0.493 e. The second kappa shape index (κ2) is 10.2. The summed E-state index contributed by atoms with van der Waals surface area (Å²) in [6.07, 6.45) is 0.